The van der Waals surface area contributed by atoms with Crippen molar-refractivity contribution in [1.82, 2.24) is 0 Å². The van der Waals surface area contributed by atoms with Gasteiger partial charge in [-0.05, 0) is 0 Å². The number of alkyl halides is 13. The molecule has 0 aliphatic carbocycles. The minimum atomic E-state index is -8.36. The van der Waals surface area contributed by atoms with E-state index in [1.165, 1.54) is 0 Å². The van der Waals surface area contributed by atoms with Gasteiger partial charge >= 0.3 is 45.2 Å². The monoisotopic (exact) mass is 462 g/mol. The van der Waals surface area contributed by atoms with Crippen molar-refractivity contribution >= 4 is 10.1 Å². The fraction of sp³-hybridized carbons (Fsp3) is 0.750. The zero-order chi connectivity index (χ0) is 22.7. The summed E-state index contributed by atoms with van der Waals surface area (Å²) in [5, 5.41) is -7.62. The highest BCUT2D eigenvalue weighted by atomic mass is 32.2. The van der Waals surface area contributed by atoms with Gasteiger partial charge in [0.25, 0.3) is 0 Å². The third-order valence-electron chi connectivity index (χ3n) is 2.59. The summed E-state index contributed by atoms with van der Waals surface area (Å²) >= 11 is 0. The topological polar surface area (TPSA) is 54.4 Å². The van der Waals surface area contributed by atoms with Crippen LogP contribution >= 0.6 is 0 Å². The van der Waals surface area contributed by atoms with Crippen molar-refractivity contribution in [3.8, 4) is 0 Å². The van der Waals surface area contributed by atoms with E-state index in [1.807, 2.05) is 0 Å². The van der Waals surface area contributed by atoms with Gasteiger partial charge in [-0.2, -0.15) is 69.9 Å². The Morgan fingerprint density at radius 3 is 1.19 bits per heavy atom. The summed E-state index contributed by atoms with van der Waals surface area (Å²) in [5.41, 5.74) is 0. The average Bonchev–Trinajstić information content (AvgIpc) is 2.42. The quantitative estimate of drug-likeness (QED) is 0.459. The predicted octanol–water partition coefficient (Wildman–Crippen LogP) is 4.72. The maximum Gasteiger partial charge on any atom is 0.445 e. The van der Waals surface area contributed by atoms with Crippen LogP contribution in [0.5, 0.6) is 0 Å². The molecule has 0 heterocycles. The molecule has 0 aromatic rings. The zero-order valence-electron chi connectivity index (χ0n) is 11.3. The Bertz CT molecular complexity index is 716. The van der Waals surface area contributed by atoms with Crippen molar-refractivity contribution < 1.29 is 78.8 Å². The molecule has 0 saturated carbocycles. The molecule has 0 saturated heterocycles. The first kappa shape index (κ1) is 25.6. The van der Waals surface area contributed by atoms with E-state index < -0.39 is 56.9 Å². The third kappa shape index (κ3) is 3.54. The molecular weight excluding hydrogens is 461 g/mol. The van der Waals surface area contributed by atoms with Gasteiger partial charge in [0, 0.05) is 0 Å². The smallest absolute Gasteiger partial charge is 0.281 e. The summed E-state index contributed by atoms with van der Waals surface area (Å²) in [4.78, 5) is 0. The molecule has 3 nitrogen and oxygen atoms in total. The van der Waals surface area contributed by atoms with Crippen LogP contribution in [0.1, 0.15) is 0 Å². The van der Waals surface area contributed by atoms with Crippen molar-refractivity contribution in [2.75, 3.05) is 0 Å². The Kier molecular flexibility index (Phi) is 5.98. The van der Waals surface area contributed by atoms with Gasteiger partial charge < -0.3 is 0 Å². The van der Waals surface area contributed by atoms with E-state index in [0.717, 1.165) is 0 Å². The number of hydrogen-bond donors (Lipinski definition) is 1. The van der Waals surface area contributed by atoms with E-state index in [-0.39, 0.29) is 0 Å². The molecule has 0 aromatic carbocycles. The minimum Gasteiger partial charge on any atom is -0.281 e. The molecule has 0 atom stereocenters. The maximum atomic E-state index is 13.0. The van der Waals surface area contributed by atoms with Gasteiger partial charge in [-0.1, -0.05) is 0 Å². The molecular formula is C8HF15O3S. The molecule has 27 heavy (non-hydrogen) atoms. The molecule has 1 N–H and O–H groups in total. The molecule has 0 bridgehead atoms. The molecule has 0 fully saturated rings. The number of rotatable bonds is 6. The van der Waals surface area contributed by atoms with Crippen molar-refractivity contribution in [1.29, 1.82) is 0 Å². The molecule has 19 heteroatoms. The van der Waals surface area contributed by atoms with E-state index in [0.29, 0.717) is 0 Å². The van der Waals surface area contributed by atoms with E-state index >= 15 is 0 Å². The molecule has 0 aromatic heterocycles. The maximum absolute atomic E-state index is 13.0. The molecule has 0 amide bonds. The Hall–Kier alpha value is -1.40. The average molecular weight is 462 g/mol. The molecule has 0 unspecified atom stereocenters. The van der Waals surface area contributed by atoms with E-state index in [2.05, 4.69) is 0 Å². The summed E-state index contributed by atoms with van der Waals surface area (Å²) in [6.07, 6.45) is -6.86. The van der Waals surface area contributed by atoms with Crippen LogP contribution in [0, 0.1) is 0 Å². The van der Waals surface area contributed by atoms with Crippen LogP contribution < -0.4 is 0 Å². The SMILES string of the molecule is O=S(=O)(O)C(F)(F)C(F)(F)C(F)(F)C(F)(F)C(F)(F)/C(F)=C(\F)C(F)(F)F. The van der Waals surface area contributed by atoms with Crippen molar-refractivity contribution in [3.05, 3.63) is 11.7 Å². The second-order valence-electron chi connectivity index (χ2n) is 4.42. The van der Waals surface area contributed by atoms with Crippen LogP contribution in [0.2, 0.25) is 0 Å². The minimum absolute atomic E-state index is 4.80. The summed E-state index contributed by atoms with van der Waals surface area (Å²) in [6.45, 7) is 0. The highest BCUT2D eigenvalue weighted by Gasteiger charge is 2.89. The van der Waals surface area contributed by atoms with Crippen molar-refractivity contribution in [2.45, 2.75) is 35.1 Å². The first-order chi connectivity index (χ1) is 11.3. The van der Waals surface area contributed by atoms with E-state index in [9.17, 15) is 74.3 Å². The van der Waals surface area contributed by atoms with Crippen LogP contribution in [0.3, 0.4) is 0 Å². The molecule has 0 spiro atoms. The second kappa shape index (κ2) is 6.31. The Labute approximate surface area is 137 Å². The van der Waals surface area contributed by atoms with Gasteiger partial charge in [-0.3, -0.25) is 4.55 Å². The van der Waals surface area contributed by atoms with Gasteiger partial charge in [0.2, 0.25) is 11.7 Å². The Balaban J connectivity index is 6.74. The standard InChI is InChI=1S/C8HF15O3S/c9-1(2(10)4(13,14)15)3(11,12)5(16,17)6(18,19)7(20,21)8(22,23)27(24,25)26/h(H,24,25,26)/b2-1+. The summed E-state index contributed by atoms with van der Waals surface area (Å²) in [6, 6.07) is 0. The highest BCUT2D eigenvalue weighted by molar-refractivity contribution is 7.87. The molecule has 0 aliphatic heterocycles. The van der Waals surface area contributed by atoms with Gasteiger partial charge in [0.05, 0.1) is 0 Å². The number of halogens is 15. The van der Waals surface area contributed by atoms with Crippen LogP contribution in [-0.4, -0.2) is 48.1 Å². The number of allylic oxidation sites excluding steroid dienone is 2. The van der Waals surface area contributed by atoms with Gasteiger partial charge in [0.15, 0.2) is 0 Å². The lowest BCUT2D eigenvalue weighted by molar-refractivity contribution is -0.385. The van der Waals surface area contributed by atoms with Gasteiger partial charge in [0.1, 0.15) is 0 Å². The van der Waals surface area contributed by atoms with Crippen molar-refractivity contribution in [2.24, 2.45) is 0 Å². The molecule has 162 valence electrons. The first-order valence-corrected chi connectivity index (χ1v) is 6.74. The van der Waals surface area contributed by atoms with E-state index in [4.69, 9.17) is 4.55 Å². The zero-order valence-corrected chi connectivity index (χ0v) is 12.2. The lowest BCUT2D eigenvalue weighted by atomic mass is 9.97. The normalized spacial score (nSPS) is 17.0. The third-order valence-corrected chi connectivity index (χ3v) is 3.49. The summed E-state index contributed by atoms with van der Waals surface area (Å²) in [7, 11) is -7.71. The summed E-state index contributed by atoms with van der Waals surface area (Å²) in [5.74, 6) is -42.5. The second-order valence-corrected chi connectivity index (χ2v) is 5.88. The molecule has 0 rings (SSSR count). The number of hydrogen-bond acceptors (Lipinski definition) is 2. The van der Waals surface area contributed by atoms with E-state index in [1.54, 1.807) is 0 Å². The molecule has 0 radical (unpaired) electrons. The fourth-order valence-corrected chi connectivity index (χ4v) is 1.59. The Morgan fingerprint density at radius 2 is 0.926 bits per heavy atom. The summed E-state index contributed by atoms with van der Waals surface area (Å²) < 4.78 is 216. The van der Waals surface area contributed by atoms with Crippen molar-refractivity contribution in [3.63, 3.8) is 0 Å². The predicted molar refractivity (Wildman–Crippen MR) is 51.6 cm³/mol. The Morgan fingerprint density at radius 1 is 0.593 bits per heavy atom. The van der Waals surface area contributed by atoms with Gasteiger partial charge in [-0.25, -0.2) is 4.39 Å². The fourth-order valence-electron chi connectivity index (χ4n) is 1.14. The largest absolute Gasteiger partial charge is 0.445 e. The van der Waals surface area contributed by atoms with Crippen LogP contribution in [0.15, 0.2) is 11.7 Å². The molecule has 0 aliphatic rings. The lowest BCUT2D eigenvalue weighted by Gasteiger charge is -2.37. The van der Waals surface area contributed by atoms with Crippen LogP contribution in [0.4, 0.5) is 65.9 Å². The van der Waals surface area contributed by atoms with Gasteiger partial charge in [-0.15, -0.1) is 0 Å². The van der Waals surface area contributed by atoms with Crippen LogP contribution in [-0.2, 0) is 10.1 Å². The lowest BCUT2D eigenvalue weighted by Crippen LogP contribution is -2.68. The first-order valence-electron chi connectivity index (χ1n) is 5.30. The van der Waals surface area contributed by atoms with Crippen LogP contribution in [0.25, 0.3) is 0 Å². The highest BCUT2D eigenvalue weighted by Crippen LogP contribution is 2.60.